The van der Waals surface area contributed by atoms with Gasteiger partial charge in [-0.2, -0.15) is 0 Å². The molecule has 1 aliphatic rings. The summed E-state index contributed by atoms with van der Waals surface area (Å²) < 4.78 is 5.89. The first-order chi connectivity index (χ1) is 18.6. The fourth-order valence-electron chi connectivity index (χ4n) is 4.75. The van der Waals surface area contributed by atoms with E-state index in [1.807, 2.05) is 84.2 Å². The number of benzene rings is 4. The highest BCUT2D eigenvalue weighted by molar-refractivity contribution is 7.10. The normalized spacial score (nSPS) is 16.7. The van der Waals surface area contributed by atoms with Gasteiger partial charge in [0.1, 0.15) is 24.2 Å². The molecule has 6 rings (SSSR count). The SMILES string of the molecule is O=C1C(=O)N(c2ccc(OCc3ccccc3)cc2)C(c2cccs2)/C1=C(/O)c1ccc2ccccc2c1. The number of anilines is 1. The molecule has 0 radical (unpaired) electrons. The number of nitrogens with zero attached hydrogens (tertiary/aromatic N) is 1. The molecule has 6 heteroatoms. The number of aliphatic hydroxyl groups is 1. The van der Waals surface area contributed by atoms with E-state index in [1.165, 1.54) is 16.2 Å². The second-order valence-electron chi connectivity index (χ2n) is 9.01. The Morgan fingerprint density at radius 1 is 0.816 bits per heavy atom. The zero-order valence-corrected chi connectivity index (χ0v) is 21.1. The number of aliphatic hydroxyl groups excluding tert-OH is 1. The first-order valence-corrected chi connectivity index (χ1v) is 13.1. The highest BCUT2D eigenvalue weighted by atomic mass is 32.1. The molecule has 0 bridgehead atoms. The number of Topliss-reactive ketones (excluding diaryl/α,β-unsaturated/α-hetero) is 1. The summed E-state index contributed by atoms with van der Waals surface area (Å²) in [4.78, 5) is 29.0. The van der Waals surface area contributed by atoms with Crippen LogP contribution in [0.5, 0.6) is 5.75 Å². The average Bonchev–Trinajstić information content (AvgIpc) is 3.59. The van der Waals surface area contributed by atoms with Gasteiger partial charge in [-0.05, 0) is 58.1 Å². The lowest BCUT2D eigenvalue weighted by molar-refractivity contribution is -0.132. The highest BCUT2D eigenvalue weighted by Gasteiger charge is 2.47. The van der Waals surface area contributed by atoms with Gasteiger partial charge in [0.05, 0.1) is 5.57 Å². The minimum atomic E-state index is -0.738. The van der Waals surface area contributed by atoms with Gasteiger partial charge in [0, 0.05) is 16.1 Å². The van der Waals surface area contributed by atoms with Crippen molar-refractivity contribution in [1.29, 1.82) is 0 Å². The number of fused-ring (bicyclic) bond motifs is 1. The number of hydrogen-bond acceptors (Lipinski definition) is 5. The second kappa shape index (κ2) is 10.00. The summed E-state index contributed by atoms with van der Waals surface area (Å²) in [6.45, 7) is 0.422. The number of ether oxygens (including phenoxy) is 1. The molecule has 0 aliphatic carbocycles. The molecule has 0 spiro atoms. The molecule has 1 fully saturated rings. The molecule has 1 N–H and O–H groups in total. The summed E-state index contributed by atoms with van der Waals surface area (Å²) >= 11 is 1.43. The Labute approximate surface area is 223 Å². The zero-order chi connectivity index (χ0) is 26.1. The summed E-state index contributed by atoms with van der Waals surface area (Å²) in [5, 5.41) is 15.2. The van der Waals surface area contributed by atoms with Crippen LogP contribution in [-0.2, 0) is 16.2 Å². The van der Waals surface area contributed by atoms with Gasteiger partial charge in [0.2, 0.25) is 0 Å². The van der Waals surface area contributed by atoms with Gasteiger partial charge in [-0.25, -0.2) is 0 Å². The summed E-state index contributed by atoms with van der Waals surface area (Å²) in [6, 6.07) is 33.3. The van der Waals surface area contributed by atoms with Gasteiger partial charge in [0.25, 0.3) is 11.7 Å². The average molecular weight is 518 g/mol. The largest absolute Gasteiger partial charge is 0.507 e. The Balaban J connectivity index is 1.37. The van der Waals surface area contributed by atoms with E-state index in [-0.39, 0.29) is 11.3 Å². The van der Waals surface area contributed by atoms with E-state index in [0.29, 0.717) is 23.6 Å². The van der Waals surface area contributed by atoms with Crippen molar-refractivity contribution in [2.75, 3.05) is 4.90 Å². The number of amides is 1. The molecule has 4 aromatic carbocycles. The van der Waals surface area contributed by atoms with Crippen molar-refractivity contribution < 1.29 is 19.4 Å². The summed E-state index contributed by atoms with van der Waals surface area (Å²) in [7, 11) is 0. The minimum Gasteiger partial charge on any atom is -0.507 e. The van der Waals surface area contributed by atoms with Crippen molar-refractivity contribution in [1.82, 2.24) is 0 Å². The molecule has 1 aliphatic heterocycles. The molecular weight excluding hydrogens is 494 g/mol. The molecule has 1 unspecified atom stereocenters. The topological polar surface area (TPSA) is 66.8 Å². The number of hydrogen-bond donors (Lipinski definition) is 1. The van der Waals surface area contributed by atoms with Crippen molar-refractivity contribution in [3.8, 4) is 5.75 Å². The predicted octanol–water partition coefficient (Wildman–Crippen LogP) is 7.11. The fourth-order valence-corrected chi connectivity index (χ4v) is 5.57. The van der Waals surface area contributed by atoms with Crippen LogP contribution in [0.15, 0.2) is 120 Å². The highest BCUT2D eigenvalue weighted by Crippen LogP contribution is 2.44. The van der Waals surface area contributed by atoms with E-state index < -0.39 is 17.7 Å². The molecule has 2 heterocycles. The van der Waals surface area contributed by atoms with Crippen LogP contribution in [0.1, 0.15) is 22.0 Å². The monoisotopic (exact) mass is 517 g/mol. The second-order valence-corrected chi connectivity index (χ2v) is 9.99. The van der Waals surface area contributed by atoms with Crippen LogP contribution in [0.4, 0.5) is 5.69 Å². The van der Waals surface area contributed by atoms with Gasteiger partial charge >= 0.3 is 0 Å². The molecule has 38 heavy (non-hydrogen) atoms. The van der Waals surface area contributed by atoms with Gasteiger partial charge in [-0.15, -0.1) is 11.3 Å². The van der Waals surface area contributed by atoms with Crippen molar-refractivity contribution in [3.63, 3.8) is 0 Å². The molecule has 1 aromatic heterocycles. The lowest BCUT2D eigenvalue weighted by atomic mass is 9.98. The van der Waals surface area contributed by atoms with E-state index >= 15 is 0 Å². The van der Waals surface area contributed by atoms with E-state index in [2.05, 4.69) is 0 Å². The van der Waals surface area contributed by atoms with E-state index in [4.69, 9.17) is 4.74 Å². The van der Waals surface area contributed by atoms with Crippen LogP contribution >= 0.6 is 11.3 Å². The standard InChI is InChI=1S/C32H23NO4S/c34-30(24-13-12-22-9-4-5-10-23(22)19-24)28-29(27-11-6-18-38-27)33(32(36)31(28)35)25-14-16-26(17-15-25)37-20-21-7-2-1-3-8-21/h1-19,29,34H,20H2/b30-28-. The number of carbonyl (C=O) groups excluding carboxylic acids is 2. The van der Waals surface area contributed by atoms with Crippen LogP contribution < -0.4 is 9.64 Å². The maximum atomic E-state index is 13.4. The van der Waals surface area contributed by atoms with Crippen molar-refractivity contribution in [3.05, 3.63) is 136 Å². The van der Waals surface area contributed by atoms with Crippen molar-refractivity contribution in [2.45, 2.75) is 12.6 Å². The summed E-state index contributed by atoms with van der Waals surface area (Å²) in [5.74, 6) is -0.919. The molecule has 5 aromatic rings. The van der Waals surface area contributed by atoms with Crippen LogP contribution in [0.2, 0.25) is 0 Å². The summed E-state index contributed by atoms with van der Waals surface area (Å²) in [6.07, 6.45) is 0. The quantitative estimate of drug-likeness (QED) is 0.148. The van der Waals surface area contributed by atoms with Gasteiger partial charge in [0.15, 0.2) is 0 Å². The van der Waals surface area contributed by atoms with Crippen LogP contribution in [0.3, 0.4) is 0 Å². The molecule has 186 valence electrons. The van der Waals surface area contributed by atoms with E-state index in [0.717, 1.165) is 21.2 Å². The Morgan fingerprint density at radius 3 is 2.29 bits per heavy atom. The third-order valence-electron chi connectivity index (χ3n) is 6.64. The first-order valence-electron chi connectivity index (χ1n) is 12.2. The smallest absolute Gasteiger partial charge is 0.300 e. The molecule has 1 saturated heterocycles. The van der Waals surface area contributed by atoms with Gasteiger partial charge < -0.3 is 9.84 Å². The number of rotatable bonds is 6. The van der Waals surface area contributed by atoms with Gasteiger partial charge in [-0.1, -0.05) is 72.8 Å². The van der Waals surface area contributed by atoms with Crippen molar-refractivity contribution in [2.24, 2.45) is 0 Å². The Kier molecular flexibility index (Phi) is 6.23. The lowest BCUT2D eigenvalue weighted by Gasteiger charge is -2.24. The van der Waals surface area contributed by atoms with Gasteiger partial charge in [-0.3, -0.25) is 14.5 Å². The molecule has 5 nitrogen and oxygen atoms in total. The lowest BCUT2D eigenvalue weighted by Crippen LogP contribution is -2.29. The molecule has 1 atom stereocenters. The first kappa shape index (κ1) is 23.7. The maximum Gasteiger partial charge on any atom is 0.300 e. The third-order valence-corrected chi connectivity index (χ3v) is 7.57. The van der Waals surface area contributed by atoms with Crippen molar-refractivity contribution >= 4 is 45.2 Å². The maximum absolute atomic E-state index is 13.4. The zero-order valence-electron chi connectivity index (χ0n) is 20.3. The minimum absolute atomic E-state index is 0.0807. The van der Waals surface area contributed by atoms with Crippen LogP contribution in [0, 0.1) is 0 Å². The number of ketones is 1. The fraction of sp³-hybridized carbons (Fsp3) is 0.0625. The molecule has 0 saturated carbocycles. The number of carbonyl (C=O) groups is 2. The Hall–Kier alpha value is -4.68. The number of thiophene rings is 1. The van der Waals surface area contributed by atoms with E-state index in [1.54, 1.807) is 30.3 Å². The van der Waals surface area contributed by atoms with E-state index in [9.17, 15) is 14.7 Å². The molecular formula is C32H23NO4S. The van der Waals surface area contributed by atoms with Crippen LogP contribution in [-0.4, -0.2) is 16.8 Å². The Morgan fingerprint density at radius 2 is 1.55 bits per heavy atom. The predicted molar refractivity (Wildman–Crippen MR) is 150 cm³/mol. The third kappa shape index (κ3) is 4.35. The Bertz CT molecular complexity index is 1660. The molecule has 1 amide bonds. The summed E-state index contributed by atoms with van der Waals surface area (Å²) in [5.41, 5.74) is 2.17. The van der Waals surface area contributed by atoms with Crippen LogP contribution in [0.25, 0.3) is 16.5 Å².